The molecule has 0 atom stereocenters. The molecular formula is C94H101N23O9S4. The molecule has 7 aliphatic heterocycles. The highest BCUT2D eigenvalue weighted by Gasteiger charge is 2.32. The number of methoxy groups -OCH3 is 2. The van der Waals surface area contributed by atoms with Crippen molar-refractivity contribution in [1.82, 2.24) is 60.2 Å². The third-order valence-electron chi connectivity index (χ3n) is 23.5. The topological polar surface area (TPSA) is 334 Å². The lowest BCUT2D eigenvalue weighted by Crippen LogP contribution is -2.43. The maximum atomic E-state index is 13.4. The lowest BCUT2D eigenvalue weighted by atomic mass is 9.98. The Kier molecular flexibility index (Phi) is 28.3. The summed E-state index contributed by atoms with van der Waals surface area (Å²) in [6.45, 7) is 18.5. The quantitative estimate of drug-likeness (QED) is 0.0331. The number of fused-ring (bicyclic) bond motifs is 4. The molecule has 0 aliphatic carbocycles. The number of benzene rings is 3. The van der Waals surface area contributed by atoms with Crippen LogP contribution in [-0.2, 0) is 43.8 Å². The van der Waals surface area contributed by atoms with Crippen molar-refractivity contribution in [2.24, 2.45) is 0 Å². The zero-order chi connectivity index (χ0) is 89.6. The maximum absolute atomic E-state index is 13.4. The van der Waals surface area contributed by atoms with E-state index in [4.69, 9.17) is 9.47 Å². The van der Waals surface area contributed by atoms with Crippen LogP contribution in [0.25, 0.3) is 16.0 Å². The third kappa shape index (κ3) is 20.4. The van der Waals surface area contributed by atoms with Gasteiger partial charge in [0.25, 0.3) is 29.5 Å². The predicted molar refractivity (Wildman–Crippen MR) is 516 cm³/mol. The molecule has 36 heteroatoms. The molecule has 6 amide bonds. The standard InChI is InChI=1S/C25H29N7O2S.C25H27N5O4S.C23H23N5O2S.C21H22N6OS/c1-29(2)15-16-31-20-5-3-4-6-21(20)32(25(31)34)23-8-7-22(35-23)24(33)28-18-17-27-10-9-19(18)30-13-11-26-12-14-30;1-33-20-11-16-13-23(31)30(15-17(16)12-21(20)34-2)24-4-3-22(35-24)25(32)28-18-14-27-6-5-19(18)29-9-7-26-8-10-29;29-22(26-18-15-25-9-7-19(18)27-13-10-24-11-14-27)20-5-6-21(31-20)28-12-8-16-3-1-2-4-17(16)23(28)30;28-21(25-17-12-24-6-4-18(17)26-9-7-22-8-10-26)19-1-2-20(29-19)27-13-15-3-5-23-11-16(15)14-27/h3-10,17,26H,11-16H2,1-2H3,(H,28,33);3-6,11-12,14,26H,7-10,13,15H2,1-2H3,(H,28,32);1-7,9,15,24H,8,10-14H2,(H,26,29);1-6,11-12,22H,7-10,13-14H2,(H,25,28). The summed E-state index contributed by atoms with van der Waals surface area (Å²) in [5, 5.41) is 28.8. The van der Waals surface area contributed by atoms with Gasteiger partial charge in [-0.15, -0.1) is 45.3 Å². The Morgan fingerprint density at radius 1 is 0.400 bits per heavy atom. The van der Waals surface area contributed by atoms with Crippen molar-refractivity contribution < 1.29 is 38.2 Å². The number of carbonyl (C=O) groups is 6. The number of imidazole rings is 1. The minimum atomic E-state index is -0.220. The molecule has 0 radical (unpaired) electrons. The van der Waals surface area contributed by atoms with Gasteiger partial charge in [-0.25, -0.2) is 4.79 Å². The number of nitrogens with one attached hydrogen (secondary N) is 8. The van der Waals surface area contributed by atoms with E-state index in [0.29, 0.717) is 72.7 Å². The van der Waals surface area contributed by atoms with Gasteiger partial charge in [0, 0.05) is 180 Å². The van der Waals surface area contributed by atoms with Crippen molar-refractivity contribution in [3.05, 3.63) is 265 Å². The normalized spacial score (nSPS) is 15.4. The molecule has 670 valence electrons. The second kappa shape index (κ2) is 41.4. The van der Waals surface area contributed by atoms with Crippen LogP contribution in [0.2, 0.25) is 0 Å². The lowest BCUT2D eigenvalue weighted by molar-refractivity contribution is -0.118. The fraction of sp³-hybridized carbons (Fsp3) is 0.298. The number of nitrogens with zero attached hydrogens (tertiary/aromatic N) is 15. The summed E-state index contributed by atoms with van der Waals surface area (Å²) in [5.74, 6) is 0.490. The molecule has 0 spiro atoms. The number of likely N-dealkylation sites (N-methyl/N-ethyl adjacent to an activating group) is 1. The molecular weight excluding hydrogens is 1720 g/mol. The van der Waals surface area contributed by atoms with E-state index < -0.39 is 0 Å². The van der Waals surface area contributed by atoms with Crippen LogP contribution in [0, 0.1) is 0 Å². The summed E-state index contributed by atoms with van der Waals surface area (Å²) in [4.78, 5) is 132. The zero-order valence-corrected chi connectivity index (χ0v) is 75.8. The molecule has 0 unspecified atom stereocenters. The Bertz CT molecular complexity index is 6270. The van der Waals surface area contributed by atoms with Gasteiger partial charge in [0.1, 0.15) is 5.00 Å². The molecule has 13 aromatic rings. The van der Waals surface area contributed by atoms with Crippen molar-refractivity contribution in [1.29, 1.82) is 0 Å². The molecule has 8 N–H and O–H groups in total. The first-order chi connectivity index (χ1) is 63.6. The fourth-order valence-electron chi connectivity index (χ4n) is 16.7. The first kappa shape index (κ1) is 88.7. The van der Waals surface area contributed by atoms with Crippen LogP contribution in [0.4, 0.5) is 60.5 Å². The first-order valence-corrected chi connectivity index (χ1v) is 46.5. The van der Waals surface area contributed by atoms with Crippen molar-refractivity contribution in [2.45, 2.75) is 39.0 Å². The maximum Gasteiger partial charge on any atom is 0.334 e. The molecule has 32 nitrogen and oxygen atoms in total. The Morgan fingerprint density at radius 2 is 0.800 bits per heavy atom. The van der Waals surface area contributed by atoms with Gasteiger partial charge < -0.3 is 81.4 Å². The number of hydrogen-bond donors (Lipinski definition) is 8. The number of pyridine rings is 5. The van der Waals surface area contributed by atoms with Crippen molar-refractivity contribution in [3.8, 4) is 16.5 Å². The second-order valence-electron chi connectivity index (χ2n) is 31.9. The summed E-state index contributed by atoms with van der Waals surface area (Å²) in [6, 6.07) is 43.8. The number of carbonyl (C=O) groups excluding carboxylic acids is 6. The molecule has 0 bridgehead atoms. The van der Waals surface area contributed by atoms with E-state index in [2.05, 4.69) is 103 Å². The van der Waals surface area contributed by atoms with Crippen molar-refractivity contribution in [2.75, 3.05) is 202 Å². The number of aromatic nitrogens is 7. The Balaban J connectivity index is 0.000000122. The largest absolute Gasteiger partial charge is 0.493 e. The summed E-state index contributed by atoms with van der Waals surface area (Å²) in [5.41, 5.74) is 14.7. The summed E-state index contributed by atoms with van der Waals surface area (Å²) < 4.78 is 14.3. The average molecular weight is 1830 g/mol. The molecule has 130 heavy (non-hydrogen) atoms. The number of ether oxygens (including phenoxy) is 2. The molecule has 20 rings (SSSR count). The van der Waals surface area contributed by atoms with Crippen LogP contribution in [-0.4, -0.2) is 221 Å². The molecule has 3 aromatic carbocycles. The van der Waals surface area contributed by atoms with Gasteiger partial charge in [-0.3, -0.25) is 72.6 Å². The molecule has 0 saturated carbocycles. The van der Waals surface area contributed by atoms with E-state index in [0.717, 1.165) is 207 Å². The van der Waals surface area contributed by atoms with Gasteiger partial charge in [0.15, 0.2) is 11.5 Å². The summed E-state index contributed by atoms with van der Waals surface area (Å²) >= 11 is 5.46. The van der Waals surface area contributed by atoms with Gasteiger partial charge in [-0.2, -0.15) is 0 Å². The third-order valence-corrected chi connectivity index (χ3v) is 27.9. The van der Waals surface area contributed by atoms with Crippen LogP contribution in [0.5, 0.6) is 11.5 Å². The highest BCUT2D eigenvalue weighted by molar-refractivity contribution is 7.19. The van der Waals surface area contributed by atoms with Crippen molar-refractivity contribution >= 4 is 152 Å². The number of anilines is 11. The summed E-state index contributed by atoms with van der Waals surface area (Å²) in [7, 11) is 7.15. The number of para-hydroxylation sites is 2. The van der Waals surface area contributed by atoms with Gasteiger partial charge >= 0.3 is 5.69 Å². The number of piperazine rings is 4. The molecule has 4 saturated heterocycles. The van der Waals surface area contributed by atoms with E-state index >= 15 is 0 Å². The predicted octanol–water partition coefficient (Wildman–Crippen LogP) is 11.1. The molecule has 10 aromatic heterocycles. The number of rotatable bonds is 21. The van der Waals surface area contributed by atoms with E-state index in [1.165, 1.54) is 56.5 Å². The lowest BCUT2D eigenvalue weighted by Gasteiger charge is -2.30. The highest BCUT2D eigenvalue weighted by Crippen LogP contribution is 2.41. The van der Waals surface area contributed by atoms with Crippen LogP contribution >= 0.6 is 45.3 Å². The molecule has 4 fully saturated rings. The van der Waals surface area contributed by atoms with Crippen LogP contribution < -0.4 is 92.0 Å². The van der Waals surface area contributed by atoms with Crippen molar-refractivity contribution in [3.63, 3.8) is 0 Å². The fourth-order valence-corrected chi connectivity index (χ4v) is 20.4. The highest BCUT2D eigenvalue weighted by atomic mass is 32.1. The van der Waals surface area contributed by atoms with E-state index in [1.807, 2.05) is 142 Å². The second-order valence-corrected chi connectivity index (χ2v) is 36.2. The van der Waals surface area contributed by atoms with Crippen LogP contribution in [0.1, 0.15) is 76.9 Å². The number of hydrogen-bond acceptors (Lipinski definition) is 28. The summed E-state index contributed by atoms with van der Waals surface area (Å²) in [6.07, 6.45) is 18.6. The van der Waals surface area contributed by atoms with E-state index in [1.54, 1.807) is 101 Å². The Labute approximate surface area is 767 Å². The van der Waals surface area contributed by atoms with Gasteiger partial charge in [-0.05, 0) is 158 Å². The van der Waals surface area contributed by atoms with Gasteiger partial charge in [0.05, 0.1) is 143 Å². The van der Waals surface area contributed by atoms with Gasteiger partial charge in [-0.1, -0.05) is 30.3 Å². The van der Waals surface area contributed by atoms with Crippen LogP contribution in [0.3, 0.4) is 0 Å². The Hall–Kier alpha value is -13.3. The number of thiophene rings is 4. The minimum absolute atomic E-state index is 0.0103. The average Bonchev–Trinajstić information content (AvgIpc) is 1.59. The smallest absolute Gasteiger partial charge is 0.334 e. The number of amides is 6. The Morgan fingerprint density at radius 3 is 1.27 bits per heavy atom. The molecule has 7 aliphatic rings. The van der Waals surface area contributed by atoms with Gasteiger partial charge in [0.2, 0.25) is 5.91 Å². The van der Waals surface area contributed by atoms with E-state index in [-0.39, 0.29) is 47.6 Å². The minimum Gasteiger partial charge on any atom is -0.493 e. The van der Waals surface area contributed by atoms with E-state index in [9.17, 15) is 33.6 Å². The monoisotopic (exact) mass is 1820 g/mol. The first-order valence-electron chi connectivity index (χ1n) is 43.3. The van der Waals surface area contributed by atoms with Crippen LogP contribution in [0.15, 0.2) is 206 Å². The zero-order valence-electron chi connectivity index (χ0n) is 72.5. The molecule has 17 heterocycles. The SMILES string of the molecule is CN(C)CCn1c(=O)n(-c2ccc(C(=O)Nc3cnccc3N3CCNCC3)s2)c2ccccc21.COc1cc2c(cc1OC)CN(c1ccc(C(=O)Nc3cnccc3N3CCNCC3)s1)C(=O)C2.O=C(Nc1cnccc1N1CCNCC1)c1ccc(N2CCc3ccccc3C2=O)s1.O=C(Nc1cnccc1N1CCNCC1)c1ccc(N2Cc3ccncc3C2)s1.